The van der Waals surface area contributed by atoms with Crippen LogP contribution in [-0.4, -0.2) is 30.8 Å². The maximum atomic E-state index is 12.6. The van der Waals surface area contributed by atoms with Crippen molar-refractivity contribution in [2.75, 3.05) is 11.3 Å². The first kappa shape index (κ1) is 24.0. The minimum atomic E-state index is -4.03. The van der Waals surface area contributed by atoms with E-state index in [0.29, 0.717) is 17.7 Å². The number of amides is 1. The summed E-state index contributed by atoms with van der Waals surface area (Å²) in [6, 6.07) is 17.8. The van der Waals surface area contributed by atoms with Crippen molar-refractivity contribution >= 4 is 38.2 Å². The molecule has 4 rings (SSSR count). The third-order valence-electron chi connectivity index (χ3n) is 5.67. The van der Waals surface area contributed by atoms with Crippen molar-refractivity contribution < 1.29 is 18.1 Å². The van der Waals surface area contributed by atoms with Gasteiger partial charge in [-0.3, -0.25) is 19.6 Å². The third-order valence-corrected chi connectivity index (χ3v) is 7.05. The number of H-pyrrole nitrogens is 1. The van der Waals surface area contributed by atoms with E-state index in [9.17, 15) is 23.3 Å². The molecule has 0 radical (unpaired) electrons. The Labute approximate surface area is 202 Å². The Morgan fingerprint density at radius 3 is 2.54 bits per heavy atom. The molecule has 1 aromatic heterocycles. The summed E-state index contributed by atoms with van der Waals surface area (Å²) in [6.45, 7) is 2.03. The molecule has 9 nitrogen and oxygen atoms in total. The molecule has 10 heteroatoms. The maximum absolute atomic E-state index is 12.6. The number of hydrogen-bond acceptors (Lipinski definition) is 5. The van der Waals surface area contributed by atoms with Crippen LogP contribution in [0.4, 0.5) is 11.4 Å². The van der Waals surface area contributed by atoms with E-state index >= 15 is 0 Å². The summed E-state index contributed by atoms with van der Waals surface area (Å²) in [7, 11) is -4.03. The SMILES string of the molecule is Cc1ccc(S(=O)(=O)Nc2ccc(C(=O)NCCCc3c[nH]c4ccccc34)cc2)cc1[N+](=O)[O-]. The Bertz CT molecular complexity index is 1490. The van der Waals surface area contributed by atoms with E-state index in [1.54, 1.807) is 0 Å². The molecule has 180 valence electrons. The second-order valence-corrected chi connectivity index (χ2v) is 9.79. The number of carbonyl (C=O) groups is 1. The van der Waals surface area contributed by atoms with Crippen molar-refractivity contribution in [1.29, 1.82) is 0 Å². The van der Waals surface area contributed by atoms with Crippen molar-refractivity contribution in [3.05, 3.63) is 99.7 Å². The number of fused-ring (bicyclic) bond motifs is 1. The van der Waals surface area contributed by atoms with E-state index in [1.807, 2.05) is 24.4 Å². The minimum Gasteiger partial charge on any atom is -0.361 e. The highest BCUT2D eigenvalue weighted by molar-refractivity contribution is 7.92. The monoisotopic (exact) mass is 492 g/mol. The zero-order chi connectivity index (χ0) is 25.0. The lowest BCUT2D eigenvalue weighted by Crippen LogP contribution is -2.24. The molecule has 3 aromatic carbocycles. The average Bonchev–Trinajstić information content (AvgIpc) is 3.25. The second-order valence-electron chi connectivity index (χ2n) is 8.11. The summed E-state index contributed by atoms with van der Waals surface area (Å²) in [6.07, 6.45) is 3.58. The quantitative estimate of drug-likeness (QED) is 0.179. The third kappa shape index (κ3) is 5.49. The normalized spacial score (nSPS) is 11.3. The van der Waals surface area contributed by atoms with Crippen molar-refractivity contribution in [3.8, 4) is 0 Å². The van der Waals surface area contributed by atoms with Crippen molar-refractivity contribution in [2.24, 2.45) is 0 Å². The lowest BCUT2D eigenvalue weighted by molar-refractivity contribution is -0.385. The maximum Gasteiger partial charge on any atom is 0.273 e. The van der Waals surface area contributed by atoms with Gasteiger partial charge < -0.3 is 10.3 Å². The smallest absolute Gasteiger partial charge is 0.273 e. The Kier molecular flexibility index (Phi) is 6.83. The fourth-order valence-corrected chi connectivity index (χ4v) is 4.86. The Morgan fingerprint density at radius 1 is 1.06 bits per heavy atom. The van der Waals surface area contributed by atoms with Gasteiger partial charge in [0.15, 0.2) is 0 Å². The van der Waals surface area contributed by atoms with Crippen LogP contribution in [0.3, 0.4) is 0 Å². The van der Waals surface area contributed by atoms with Gasteiger partial charge in [0.25, 0.3) is 21.6 Å². The van der Waals surface area contributed by atoms with Gasteiger partial charge in [-0.05, 0) is 61.7 Å². The number of aromatic nitrogens is 1. The zero-order valence-electron chi connectivity index (χ0n) is 18.9. The summed E-state index contributed by atoms with van der Waals surface area (Å²) in [5, 5.41) is 15.2. The fourth-order valence-electron chi connectivity index (χ4n) is 3.78. The second kappa shape index (κ2) is 9.98. The van der Waals surface area contributed by atoms with E-state index in [0.717, 1.165) is 24.4 Å². The molecule has 0 atom stereocenters. The lowest BCUT2D eigenvalue weighted by atomic mass is 10.1. The van der Waals surface area contributed by atoms with Crippen LogP contribution in [0, 0.1) is 17.0 Å². The molecule has 1 heterocycles. The number of benzene rings is 3. The lowest BCUT2D eigenvalue weighted by Gasteiger charge is -2.10. The molecule has 0 spiro atoms. The highest BCUT2D eigenvalue weighted by atomic mass is 32.2. The number of nitro benzene ring substituents is 1. The molecular weight excluding hydrogens is 468 g/mol. The Hall–Kier alpha value is -4.18. The van der Waals surface area contributed by atoms with Crippen LogP contribution in [0.15, 0.2) is 77.8 Å². The highest BCUT2D eigenvalue weighted by Crippen LogP contribution is 2.24. The summed E-state index contributed by atoms with van der Waals surface area (Å²) in [5.74, 6) is -0.257. The largest absolute Gasteiger partial charge is 0.361 e. The van der Waals surface area contributed by atoms with E-state index in [2.05, 4.69) is 21.1 Å². The molecular formula is C25H24N4O5S. The van der Waals surface area contributed by atoms with Crippen LogP contribution < -0.4 is 10.0 Å². The number of nitrogens with one attached hydrogen (secondary N) is 3. The topological polar surface area (TPSA) is 134 Å². The van der Waals surface area contributed by atoms with Gasteiger partial charge in [0.05, 0.1) is 9.82 Å². The van der Waals surface area contributed by atoms with Crippen molar-refractivity contribution in [2.45, 2.75) is 24.7 Å². The van der Waals surface area contributed by atoms with E-state index in [1.165, 1.54) is 54.3 Å². The zero-order valence-corrected chi connectivity index (χ0v) is 19.8. The molecule has 0 saturated heterocycles. The summed E-state index contributed by atoms with van der Waals surface area (Å²) < 4.78 is 27.7. The molecule has 3 N–H and O–H groups in total. The molecule has 0 aliphatic rings. The van der Waals surface area contributed by atoms with E-state index < -0.39 is 14.9 Å². The predicted molar refractivity (Wildman–Crippen MR) is 134 cm³/mol. The van der Waals surface area contributed by atoms with Gasteiger partial charge in [-0.1, -0.05) is 24.3 Å². The number of nitrogens with zero attached hydrogens (tertiary/aromatic N) is 1. The van der Waals surface area contributed by atoms with E-state index in [-0.39, 0.29) is 22.2 Å². The van der Waals surface area contributed by atoms with Gasteiger partial charge >= 0.3 is 0 Å². The first-order valence-electron chi connectivity index (χ1n) is 11.0. The number of rotatable bonds is 9. The average molecular weight is 493 g/mol. The minimum absolute atomic E-state index is 0.216. The van der Waals surface area contributed by atoms with Crippen LogP contribution in [0.2, 0.25) is 0 Å². The molecule has 0 unspecified atom stereocenters. The molecule has 1 amide bonds. The van der Waals surface area contributed by atoms with Crippen LogP contribution in [0.25, 0.3) is 10.9 Å². The van der Waals surface area contributed by atoms with Crippen LogP contribution in [-0.2, 0) is 16.4 Å². The fraction of sp³-hybridized carbons (Fsp3) is 0.160. The predicted octanol–water partition coefficient (Wildman–Crippen LogP) is 4.55. The Balaban J connectivity index is 1.33. The van der Waals surface area contributed by atoms with Gasteiger partial charge in [-0.25, -0.2) is 8.42 Å². The van der Waals surface area contributed by atoms with Crippen LogP contribution in [0.5, 0.6) is 0 Å². The number of hydrogen-bond donors (Lipinski definition) is 3. The summed E-state index contributed by atoms with van der Waals surface area (Å²) in [5.41, 5.74) is 3.01. The van der Waals surface area contributed by atoms with Gasteiger partial charge in [-0.15, -0.1) is 0 Å². The number of aryl methyl sites for hydroxylation is 2. The highest BCUT2D eigenvalue weighted by Gasteiger charge is 2.20. The molecule has 0 aliphatic carbocycles. The number of sulfonamides is 1. The Morgan fingerprint density at radius 2 is 1.80 bits per heavy atom. The van der Waals surface area contributed by atoms with Crippen LogP contribution in [0.1, 0.15) is 27.9 Å². The molecule has 4 aromatic rings. The van der Waals surface area contributed by atoms with E-state index in [4.69, 9.17) is 0 Å². The van der Waals surface area contributed by atoms with Gasteiger partial charge in [0.2, 0.25) is 0 Å². The summed E-state index contributed by atoms with van der Waals surface area (Å²) >= 11 is 0. The number of carbonyl (C=O) groups excluding carboxylic acids is 1. The molecule has 0 fully saturated rings. The molecule has 35 heavy (non-hydrogen) atoms. The number of nitro groups is 1. The number of aromatic amines is 1. The van der Waals surface area contributed by atoms with Crippen molar-refractivity contribution in [1.82, 2.24) is 10.3 Å². The first-order valence-corrected chi connectivity index (χ1v) is 12.4. The van der Waals surface area contributed by atoms with Crippen LogP contribution >= 0.6 is 0 Å². The summed E-state index contributed by atoms with van der Waals surface area (Å²) in [4.78, 5) is 26.0. The molecule has 0 aliphatic heterocycles. The van der Waals surface area contributed by atoms with Gasteiger partial charge in [0.1, 0.15) is 0 Å². The van der Waals surface area contributed by atoms with Gasteiger partial charge in [0, 0.05) is 46.5 Å². The van der Waals surface area contributed by atoms with Gasteiger partial charge in [-0.2, -0.15) is 0 Å². The standard InChI is InChI=1S/C25H24N4O5S/c1-17-8-13-21(15-24(17)29(31)32)35(33,34)28-20-11-9-18(10-12-20)25(30)26-14-4-5-19-16-27-23-7-3-2-6-22(19)23/h2-3,6-13,15-16,27-28H,4-5,14H2,1H3,(H,26,30). The number of para-hydroxylation sites is 1. The van der Waals surface area contributed by atoms with Crippen molar-refractivity contribution in [3.63, 3.8) is 0 Å². The molecule has 0 bridgehead atoms. The first-order chi connectivity index (χ1) is 16.7. The molecule has 0 saturated carbocycles. The number of anilines is 1.